The Kier molecular flexibility index (Phi) is 3.47. The summed E-state index contributed by atoms with van der Waals surface area (Å²) in [7, 11) is 1.63. The van der Waals surface area contributed by atoms with Crippen LogP contribution in [0.3, 0.4) is 0 Å². The molecule has 1 aromatic rings. The van der Waals surface area contributed by atoms with Crippen molar-refractivity contribution in [2.24, 2.45) is 5.73 Å². The number of rotatable bonds is 4. The number of nitrogens with one attached hydrogen (secondary N) is 1. The van der Waals surface area contributed by atoms with Gasteiger partial charge in [-0.3, -0.25) is 4.79 Å². The Balaban J connectivity index is 2.15. The number of carbonyl (C=O) groups is 1. The van der Waals surface area contributed by atoms with E-state index in [0.717, 1.165) is 29.4 Å². The largest absolute Gasteiger partial charge is 0.497 e. The van der Waals surface area contributed by atoms with Crippen molar-refractivity contribution in [3.05, 3.63) is 24.3 Å². The predicted molar refractivity (Wildman–Crippen MR) is 70.5 cm³/mol. The van der Waals surface area contributed by atoms with Crippen LogP contribution in [-0.4, -0.2) is 30.1 Å². The van der Waals surface area contributed by atoms with E-state index < -0.39 is 5.54 Å². The van der Waals surface area contributed by atoms with Gasteiger partial charge in [0.25, 0.3) is 0 Å². The molecule has 17 heavy (non-hydrogen) atoms. The van der Waals surface area contributed by atoms with E-state index in [1.807, 2.05) is 24.3 Å². The van der Waals surface area contributed by atoms with Crippen LogP contribution in [0, 0.1) is 0 Å². The van der Waals surface area contributed by atoms with E-state index in [-0.39, 0.29) is 5.91 Å². The molecule has 1 saturated heterocycles. The van der Waals surface area contributed by atoms with Crippen molar-refractivity contribution in [3.8, 4) is 5.75 Å². The van der Waals surface area contributed by atoms with Crippen LogP contribution in [0.2, 0.25) is 0 Å². The average Bonchev–Trinajstić information content (AvgIpc) is 2.80. The lowest BCUT2D eigenvalue weighted by atomic mass is 9.97. The molecule has 92 valence electrons. The number of anilines is 1. The molecule has 1 aromatic carbocycles. The average molecular weight is 252 g/mol. The molecule has 0 saturated carbocycles. The van der Waals surface area contributed by atoms with E-state index in [4.69, 9.17) is 10.5 Å². The summed E-state index contributed by atoms with van der Waals surface area (Å²) in [6, 6.07) is 7.51. The summed E-state index contributed by atoms with van der Waals surface area (Å²) in [6.45, 7) is 0. The maximum Gasteiger partial charge on any atom is 0.243 e. The minimum atomic E-state index is -0.598. The number of benzene rings is 1. The molecule has 4 nitrogen and oxygen atoms in total. The van der Waals surface area contributed by atoms with E-state index in [2.05, 4.69) is 5.32 Å². The SMILES string of the molecule is COc1ccc(NC2(C(N)=O)CCSC2)cc1. The number of amides is 1. The van der Waals surface area contributed by atoms with Gasteiger partial charge in [0, 0.05) is 11.4 Å². The fourth-order valence-corrected chi connectivity index (χ4v) is 3.21. The van der Waals surface area contributed by atoms with E-state index >= 15 is 0 Å². The van der Waals surface area contributed by atoms with Crippen molar-refractivity contribution in [1.29, 1.82) is 0 Å². The lowest BCUT2D eigenvalue weighted by molar-refractivity contribution is -0.121. The highest BCUT2D eigenvalue weighted by atomic mass is 32.2. The van der Waals surface area contributed by atoms with Crippen LogP contribution in [0.4, 0.5) is 5.69 Å². The molecule has 3 N–H and O–H groups in total. The van der Waals surface area contributed by atoms with Crippen LogP contribution >= 0.6 is 11.8 Å². The first-order chi connectivity index (χ1) is 8.16. The molecule has 1 heterocycles. The van der Waals surface area contributed by atoms with Gasteiger partial charge in [-0.25, -0.2) is 0 Å². The normalized spacial score (nSPS) is 23.4. The van der Waals surface area contributed by atoms with E-state index in [1.54, 1.807) is 18.9 Å². The van der Waals surface area contributed by atoms with Crippen LogP contribution in [-0.2, 0) is 4.79 Å². The van der Waals surface area contributed by atoms with E-state index in [9.17, 15) is 4.79 Å². The van der Waals surface area contributed by atoms with Crippen LogP contribution < -0.4 is 15.8 Å². The zero-order valence-corrected chi connectivity index (χ0v) is 10.5. The van der Waals surface area contributed by atoms with Crippen molar-refractivity contribution in [1.82, 2.24) is 0 Å². The summed E-state index contributed by atoms with van der Waals surface area (Å²) >= 11 is 1.75. The van der Waals surface area contributed by atoms with Crippen molar-refractivity contribution in [3.63, 3.8) is 0 Å². The van der Waals surface area contributed by atoms with Gasteiger partial charge in [0.05, 0.1) is 7.11 Å². The van der Waals surface area contributed by atoms with Crippen molar-refractivity contribution < 1.29 is 9.53 Å². The molecule has 0 bridgehead atoms. The molecule has 1 aliphatic rings. The summed E-state index contributed by atoms with van der Waals surface area (Å²) in [5, 5.41) is 3.25. The fraction of sp³-hybridized carbons (Fsp3) is 0.417. The number of carbonyl (C=O) groups excluding carboxylic acids is 1. The van der Waals surface area contributed by atoms with Crippen LogP contribution in [0.15, 0.2) is 24.3 Å². The third-order valence-electron chi connectivity index (χ3n) is 2.97. The lowest BCUT2D eigenvalue weighted by Gasteiger charge is -2.27. The molecular formula is C12H16N2O2S. The van der Waals surface area contributed by atoms with Crippen molar-refractivity contribution >= 4 is 23.4 Å². The zero-order valence-electron chi connectivity index (χ0n) is 9.73. The maximum atomic E-state index is 11.6. The van der Waals surface area contributed by atoms with Crippen molar-refractivity contribution in [2.45, 2.75) is 12.0 Å². The Bertz CT molecular complexity index is 399. The molecule has 1 atom stereocenters. The van der Waals surface area contributed by atoms with Gasteiger partial charge in [0.2, 0.25) is 5.91 Å². The maximum absolute atomic E-state index is 11.6. The summed E-state index contributed by atoms with van der Waals surface area (Å²) in [5.74, 6) is 2.21. The zero-order chi connectivity index (χ0) is 12.3. The summed E-state index contributed by atoms with van der Waals surface area (Å²) in [4.78, 5) is 11.6. The highest BCUT2D eigenvalue weighted by Gasteiger charge is 2.40. The minimum absolute atomic E-state index is 0.279. The van der Waals surface area contributed by atoms with E-state index in [0.29, 0.717) is 0 Å². The fourth-order valence-electron chi connectivity index (χ4n) is 1.87. The van der Waals surface area contributed by atoms with Gasteiger partial charge in [-0.05, 0) is 36.4 Å². The Labute approximate surface area is 105 Å². The summed E-state index contributed by atoms with van der Waals surface area (Å²) in [5.41, 5.74) is 5.79. The number of thioether (sulfide) groups is 1. The molecule has 1 aliphatic heterocycles. The van der Waals surface area contributed by atoms with Gasteiger partial charge in [-0.15, -0.1) is 0 Å². The molecule has 2 rings (SSSR count). The summed E-state index contributed by atoms with van der Waals surface area (Å²) in [6.07, 6.45) is 0.777. The Hall–Kier alpha value is -1.36. The molecule has 0 aliphatic carbocycles. The minimum Gasteiger partial charge on any atom is -0.497 e. The van der Waals surface area contributed by atoms with Gasteiger partial charge in [-0.1, -0.05) is 0 Å². The van der Waals surface area contributed by atoms with Gasteiger partial charge in [-0.2, -0.15) is 11.8 Å². The standard InChI is InChI=1S/C12H16N2O2S/c1-16-10-4-2-9(3-5-10)14-12(11(13)15)6-7-17-8-12/h2-5,14H,6-8H2,1H3,(H2,13,15). The molecule has 1 amide bonds. The molecule has 0 radical (unpaired) electrons. The quantitative estimate of drug-likeness (QED) is 0.851. The first-order valence-corrected chi connectivity index (χ1v) is 6.62. The Morgan fingerprint density at radius 1 is 1.47 bits per heavy atom. The second-order valence-electron chi connectivity index (χ2n) is 4.10. The second kappa shape index (κ2) is 4.87. The molecule has 0 spiro atoms. The highest BCUT2D eigenvalue weighted by Crippen LogP contribution is 2.31. The highest BCUT2D eigenvalue weighted by molar-refractivity contribution is 7.99. The topological polar surface area (TPSA) is 64.3 Å². The number of primary amides is 1. The van der Waals surface area contributed by atoms with Gasteiger partial charge in [0.1, 0.15) is 11.3 Å². The van der Waals surface area contributed by atoms with E-state index in [1.165, 1.54) is 0 Å². The Morgan fingerprint density at radius 3 is 2.65 bits per heavy atom. The van der Waals surface area contributed by atoms with Crippen LogP contribution in [0.1, 0.15) is 6.42 Å². The number of methoxy groups -OCH3 is 1. The third-order valence-corrected chi connectivity index (χ3v) is 4.16. The summed E-state index contributed by atoms with van der Waals surface area (Å²) < 4.78 is 5.09. The molecule has 1 unspecified atom stereocenters. The number of hydrogen-bond donors (Lipinski definition) is 2. The molecule has 5 heteroatoms. The smallest absolute Gasteiger partial charge is 0.243 e. The molecule has 0 aromatic heterocycles. The second-order valence-corrected chi connectivity index (χ2v) is 5.21. The number of ether oxygens (including phenoxy) is 1. The van der Waals surface area contributed by atoms with Gasteiger partial charge in [0.15, 0.2) is 0 Å². The molecule has 1 fully saturated rings. The van der Waals surface area contributed by atoms with Crippen LogP contribution in [0.5, 0.6) is 5.75 Å². The first-order valence-electron chi connectivity index (χ1n) is 5.46. The van der Waals surface area contributed by atoms with Crippen LogP contribution in [0.25, 0.3) is 0 Å². The van der Waals surface area contributed by atoms with Gasteiger partial charge >= 0.3 is 0 Å². The van der Waals surface area contributed by atoms with Gasteiger partial charge < -0.3 is 15.8 Å². The monoisotopic (exact) mass is 252 g/mol. The number of nitrogens with two attached hydrogens (primary N) is 1. The van der Waals surface area contributed by atoms with Crippen molar-refractivity contribution in [2.75, 3.05) is 23.9 Å². The Morgan fingerprint density at radius 2 is 2.18 bits per heavy atom. The number of hydrogen-bond acceptors (Lipinski definition) is 4. The molecular weight excluding hydrogens is 236 g/mol. The predicted octanol–water partition coefficient (Wildman–Crippen LogP) is 1.47. The lowest BCUT2D eigenvalue weighted by Crippen LogP contribution is -2.50. The first kappa shape index (κ1) is 12.1. The third kappa shape index (κ3) is 2.49.